The van der Waals surface area contributed by atoms with Gasteiger partial charge in [0.1, 0.15) is 6.20 Å². The van der Waals surface area contributed by atoms with E-state index in [0.717, 1.165) is 6.54 Å². The maximum Gasteiger partial charge on any atom is 0.329 e. The first kappa shape index (κ1) is 13.5. The molecule has 1 fully saturated rings. The van der Waals surface area contributed by atoms with E-state index in [1.807, 2.05) is 0 Å². The molecule has 0 bridgehead atoms. The number of nitrogens with one attached hydrogen (secondary N) is 2. The molecular formula is C12H19N5O2. The first-order chi connectivity index (χ1) is 9.20. The first-order valence-electron chi connectivity index (χ1n) is 6.63. The Morgan fingerprint density at radius 1 is 1.42 bits per heavy atom. The standard InChI is InChI=1S/C12H19N5O2/c1-13-12-15-8-10(17(18)19)11(16-12)14-7-9-5-3-2-4-6-9/h8-9H,2-7H2,1H3,(H2,13,14,15,16). The van der Waals surface area contributed by atoms with E-state index in [0.29, 0.717) is 17.7 Å². The molecule has 0 radical (unpaired) electrons. The number of nitrogens with zero attached hydrogens (tertiary/aromatic N) is 3. The molecule has 1 heterocycles. The monoisotopic (exact) mass is 265 g/mol. The maximum atomic E-state index is 10.9. The number of hydrogen-bond acceptors (Lipinski definition) is 6. The second-order valence-corrected chi connectivity index (χ2v) is 4.82. The molecule has 1 aromatic rings. The summed E-state index contributed by atoms with van der Waals surface area (Å²) in [4.78, 5) is 18.5. The van der Waals surface area contributed by atoms with Gasteiger partial charge in [-0.25, -0.2) is 4.98 Å². The molecule has 104 valence electrons. The van der Waals surface area contributed by atoms with Crippen molar-refractivity contribution in [3.05, 3.63) is 16.3 Å². The Hall–Kier alpha value is -1.92. The lowest BCUT2D eigenvalue weighted by Crippen LogP contribution is -2.18. The molecule has 0 saturated heterocycles. The van der Waals surface area contributed by atoms with Crippen molar-refractivity contribution < 1.29 is 4.92 Å². The molecule has 1 aliphatic rings. The van der Waals surface area contributed by atoms with E-state index < -0.39 is 4.92 Å². The summed E-state index contributed by atoms with van der Waals surface area (Å²) < 4.78 is 0. The van der Waals surface area contributed by atoms with Crippen molar-refractivity contribution in [3.63, 3.8) is 0 Å². The molecule has 1 saturated carbocycles. The summed E-state index contributed by atoms with van der Waals surface area (Å²) in [6.45, 7) is 0.737. The second-order valence-electron chi connectivity index (χ2n) is 4.82. The Bertz CT molecular complexity index is 446. The lowest BCUT2D eigenvalue weighted by molar-refractivity contribution is -0.384. The predicted octanol–water partition coefficient (Wildman–Crippen LogP) is 2.42. The van der Waals surface area contributed by atoms with Gasteiger partial charge in [0, 0.05) is 13.6 Å². The average molecular weight is 265 g/mol. The van der Waals surface area contributed by atoms with Crippen LogP contribution in [0.1, 0.15) is 32.1 Å². The van der Waals surface area contributed by atoms with Crippen molar-refractivity contribution in [1.29, 1.82) is 0 Å². The summed E-state index contributed by atoms with van der Waals surface area (Å²) in [5.41, 5.74) is -0.0743. The molecular weight excluding hydrogens is 246 g/mol. The van der Waals surface area contributed by atoms with Gasteiger partial charge in [0.05, 0.1) is 4.92 Å². The predicted molar refractivity (Wildman–Crippen MR) is 73.3 cm³/mol. The molecule has 7 nitrogen and oxygen atoms in total. The third-order valence-corrected chi connectivity index (χ3v) is 3.47. The van der Waals surface area contributed by atoms with E-state index in [9.17, 15) is 10.1 Å². The summed E-state index contributed by atoms with van der Waals surface area (Å²) in [6, 6.07) is 0. The highest BCUT2D eigenvalue weighted by atomic mass is 16.6. The van der Waals surface area contributed by atoms with Crippen LogP contribution in [0.15, 0.2) is 6.20 Å². The minimum atomic E-state index is -0.456. The van der Waals surface area contributed by atoms with Crippen LogP contribution in [0.25, 0.3) is 0 Å². The van der Waals surface area contributed by atoms with Gasteiger partial charge < -0.3 is 10.6 Å². The van der Waals surface area contributed by atoms with Crippen LogP contribution in [0.3, 0.4) is 0 Å². The van der Waals surface area contributed by atoms with Gasteiger partial charge in [-0.1, -0.05) is 19.3 Å². The average Bonchev–Trinajstić information content (AvgIpc) is 2.45. The van der Waals surface area contributed by atoms with E-state index in [2.05, 4.69) is 20.6 Å². The molecule has 0 unspecified atom stereocenters. The molecule has 2 rings (SSSR count). The van der Waals surface area contributed by atoms with Gasteiger partial charge in [0.25, 0.3) is 0 Å². The van der Waals surface area contributed by atoms with E-state index in [-0.39, 0.29) is 5.69 Å². The molecule has 0 atom stereocenters. The summed E-state index contributed by atoms with van der Waals surface area (Å²) in [5, 5.41) is 16.8. The van der Waals surface area contributed by atoms with Crippen LogP contribution in [0.2, 0.25) is 0 Å². The van der Waals surface area contributed by atoms with Gasteiger partial charge in [-0.3, -0.25) is 10.1 Å². The van der Waals surface area contributed by atoms with Crippen molar-refractivity contribution >= 4 is 17.5 Å². The van der Waals surface area contributed by atoms with Gasteiger partial charge in [-0.2, -0.15) is 4.98 Å². The fourth-order valence-corrected chi connectivity index (χ4v) is 2.39. The van der Waals surface area contributed by atoms with E-state index in [4.69, 9.17) is 0 Å². The molecule has 7 heteroatoms. The number of aromatic nitrogens is 2. The Kier molecular flexibility index (Phi) is 4.48. The largest absolute Gasteiger partial charge is 0.364 e. The normalized spacial score (nSPS) is 16.1. The van der Waals surface area contributed by atoms with Crippen LogP contribution in [0, 0.1) is 16.0 Å². The minimum Gasteiger partial charge on any atom is -0.364 e. The van der Waals surface area contributed by atoms with Crippen molar-refractivity contribution in [1.82, 2.24) is 9.97 Å². The molecule has 0 spiro atoms. The van der Waals surface area contributed by atoms with Crippen molar-refractivity contribution in [2.45, 2.75) is 32.1 Å². The molecule has 0 aromatic carbocycles. The Morgan fingerprint density at radius 2 is 2.16 bits per heavy atom. The number of rotatable bonds is 5. The van der Waals surface area contributed by atoms with Gasteiger partial charge in [0.15, 0.2) is 0 Å². The molecule has 0 aliphatic heterocycles. The maximum absolute atomic E-state index is 10.9. The fourth-order valence-electron chi connectivity index (χ4n) is 2.39. The zero-order chi connectivity index (χ0) is 13.7. The molecule has 1 aliphatic carbocycles. The Morgan fingerprint density at radius 3 is 2.79 bits per heavy atom. The minimum absolute atomic E-state index is 0.0743. The van der Waals surface area contributed by atoms with Crippen LogP contribution in [-0.2, 0) is 0 Å². The van der Waals surface area contributed by atoms with Gasteiger partial charge in [-0.05, 0) is 18.8 Å². The van der Waals surface area contributed by atoms with Gasteiger partial charge in [0.2, 0.25) is 11.8 Å². The van der Waals surface area contributed by atoms with E-state index >= 15 is 0 Å². The zero-order valence-electron chi connectivity index (χ0n) is 11.1. The fraction of sp³-hybridized carbons (Fsp3) is 0.667. The van der Waals surface area contributed by atoms with Gasteiger partial charge in [-0.15, -0.1) is 0 Å². The summed E-state index contributed by atoms with van der Waals surface area (Å²) in [5.74, 6) is 1.27. The van der Waals surface area contributed by atoms with E-state index in [1.165, 1.54) is 38.3 Å². The number of hydrogen-bond donors (Lipinski definition) is 2. The molecule has 2 N–H and O–H groups in total. The number of nitro groups is 1. The third kappa shape index (κ3) is 3.52. The molecule has 19 heavy (non-hydrogen) atoms. The highest BCUT2D eigenvalue weighted by Gasteiger charge is 2.19. The van der Waals surface area contributed by atoms with Crippen molar-refractivity contribution in [3.8, 4) is 0 Å². The summed E-state index contributed by atoms with van der Waals surface area (Å²) in [7, 11) is 1.69. The highest BCUT2D eigenvalue weighted by Crippen LogP contribution is 2.26. The van der Waals surface area contributed by atoms with Gasteiger partial charge >= 0.3 is 5.69 Å². The SMILES string of the molecule is CNc1ncc([N+](=O)[O-])c(NCC2CCCCC2)n1. The topological polar surface area (TPSA) is 93.0 Å². The quantitative estimate of drug-likeness (QED) is 0.627. The summed E-state index contributed by atoms with van der Waals surface area (Å²) >= 11 is 0. The smallest absolute Gasteiger partial charge is 0.329 e. The lowest BCUT2D eigenvalue weighted by atomic mass is 9.89. The first-order valence-corrected chi connectivity index (χ1v) is 6.63. The zero-order valence-corrected chi connectivity index (χ0v) is 11.1. The van der Waals surface area contributed by atoms with Crippen LogP contribution < -0.4 is 10.6 Å². The Balaban J connectivity index is 2.06. The summed E-state index contributed by atoms with van der Waals surface area (Å²) in [6.07, 6.45) is 7.41. The van der Waals surface area contributed by atoms with Crippen LogP contribution in [0.5, 0.6) is 0 Å². The van der Waals surface area contributed by atoms with Crippen molar-refractivity contribution in [2.24, 2.45) is 5.92 Å². The van der Waals surface area contributed by atoms with Crippen LogP contribution in [0.4, 0.5) is 17.5 Å². The molecule has 0 amide bonds. The Labute approximate surface area is 112 Å². The van der Waals surface area contributed by atoms with Crippen LogP contribution in [-0.4, -0.2) is 28.5 Å². The number of anilines is 2. The van der Waals surface area contributed by atoms with Crippen molar-refractivity contribution in [2.75, 3.05) is 24.2 Å². The van der Waals surface area contributed by atoms with Crippen LogP contribution >= 0.6 is 0 Å². The second kappa shape index (κ2) is 6.31. The third-order valence-electron chi connectivity index (χ3n) is 3.47. The highest BCUT2D eigenvalue weighted by molar-refractivity contribution is 5.56. The van der Waals surface area contributed by atoms with E-state index in [1.54, 1.807) is 7.05 Å². The molecule has 1 aromatic heterocycles. The lowest BCUT2D eigenvalue weighted by Gasteiger charge is -2.21.